The lowest BCUT2D eigenvalue weighted by atomic mass is 9.85. The Labute approximate surface area is 215 Å². The third-order valence-corrected chi connectivity index (χ3v) is 6.99. The summed E-state index contributed by atoms with van der Waals surface area (Å²) >= 11 is 3.70. The number of fused-ring (bicyclic) bond motifs is 3. The number of hydrogen-bond donors (Lipinski definition) is 0. The van der Waals surface area contributed by atoms with Crippen LogP contribution in [0.4, 0.5) is 0 Å². The van der Waals surface area contributed by atoms with Crippen LogP contribution in [0.1, 0.15) is 66.9 Å². The lowest BCUT2D eigenvalue weighted by Gasteiger charge is -2.39. The number of hydrogen-bond acceptors (Lipinski definition) is 8. The van der Waals surface area contributed by atoms with E-state index in [0.717, 1.165) is 34.1 Å². The number of cyclic esters (lactones) is 1. The summed E-state index contributed by atoms with van der Waals surface area (Å²) in [5.41, 5.74) is 3.14. The molecule has 0 saturated heterocycles. The van der Waals surface area contributed by atoms with Crippen molar-refractivity contribution >= 4 is 21.9 Å². The number of ether oxygens (including phenoxy) is 6. The van der Waals surface area contributed by atoms with Crippen LogP contribution in [0.25, 0.3) is 0 Å². The van der Waals surface area contributed by atoms with E-state index >= 15 is 0 Å². The van der Waals surface area contributed by atoms with Crippen LogP contribution in [0, 0.1) is 0 Å². The Bertz CT molecular complexity index is 1090. The third kappa shape index (κ3) is 4.29. The number of halogens is 1. The summed E-state index contributed by atoms with van der Waals surface area (Å²) in [6.45, 7) is 8.90. The van der Waals surface area contributed by atoms with Gasteiger partial charge in [0.25, 0.3) is 0 Å². The molecule has 2 aromatic rings. The number of nitrogens with zero attached hydrogens (tertiary/aromatic N) is 1. The van der Waals surface area contributed by atoms with Crippen molar-refractivity contribution in [2.75, 3.05) is 41.7 Å². The molecule has 0 radical (unpaired) electrons. The molecule has 0 saturated carbocycles. The van der Waals surface area contributed by atoms with Gasteiger partial charge in [-0.05, 0) is 41.0 Å². The van der Waals surface area contributed by atoms with E-state index in [2.05, 4.69) is 20.8 Å². The first-order chi connectivity index (χ1) is 17.0. The third-order valence-electron chi connectivity index (χ3n) is 6.15. The maximum Gasteiger partial charge on any atom is 0.343 e. The first-order valence-corrected chi connectivity index (χ1v) is 12.6. The number of esters is 1. The van der Waals surface area contributed by atoms with Gasteiger partial charge in [-0.1, -0.05) is 33.8 Å². The zero-order chi connectivity index (χ0) is 25.9. The highest BCUT2D eigenvalue weighted by atomic mass is 79.9. The average molecular weight is 552 g/mol. The number of carbonyl (C=O) groups excluding carboxylic acids is 1. The van der Waals surface area contributed by atoms with Crippen LogP contribution in [0.15, 0.2) is 16.6 Å². The lowest BCUT2D eigenvalue weighted by Crippen LogP contribution is -2.36. The molecule has 5 rings (SSSR count). The standard InChI is InChI=1S/C22H22BrNO7.2C2H6/c1-24-8-7-10-13(19(28-4)21-20(15(10)23)29-9-30-21)16(24)17-11-5-6-12(26-2)18(27-3)14(11)22(25)31-17;2*1-2/h5-6,16-17H,7-9H2,1-4H3;2*1-2H3. The van der Waals surface area contributed by atoms with Crippen LogP contribution >= 0.6 is 15.9 Å². The Morgan fingerprint density at radius 3 is 2.26 bits per heavy atom. The zero-order valence-corrected chi connectivity index (χ0v) is 23.2. The molecule has 2 atom stereocenters. The van der Waals surface area contributed by atoms with Crippen LogP contribution in [0.5, 0.6) is 28.7 Å². The molecule has 0 N–H and O–H groups in total. The predicted molar refractivity (Wildman–Crippen MR) is 136 cm³/mol. The van der Waals surface area contributed by atoms with Gasteiger partial charge in [-0.15, -0.1) is 0 Å². The van der Waals surface area contributed by atoms with E-state index in [4.69, 9.17) is 28.4 Å². The number of rotatable bonds is 4. The van der Waals surface area contributed by atoms with Crippen LogP contribution in [-0.2, 0) is 11.2 Å². The second kappa shape index (κ2) is 11.4. The molecular formula is C26H34BrNO7. The van der Waals surface area contributed by atoms with E-state index in [1.807, 2.05) is 40.8 Å². The van der Waals surface area contributed by atoms with E-state index in [1.165, 1.54) is 14.2 Å². The van der Waals surface area contributed by atoms with E-state index < -0.39 is 12.1 Å². The van der Waals surface area contributed by atoms with Gasteiger partial charge in [0.05, 0.1) is 31.8 Å². The summed E-state index contributed by atoms with van der Waals surface area (Å²) in [6.07, 6.45) is 0.238. The van der Waals surface area contributed by atoms with Gasteiger partial charge in [-0.3, -0.25) is 4.90 Å². The van der Waals surface area contributed by atoms with Gasteiger partial charge >= 0.3 is 5.97 Å². The van der Waals surface area contributed by atoms with Crippen LogP contribution in [0.3, 0.4) is 0 Å². The average Bonchev–Trinajstić information content (AvgIpc) is 3.51. The van der Waals surface area contributed by atoms with Crippen LogP contribution in [0.2, 0.25) is 0 Å². The van der Waals surface area contributed by atoms with Gasteiger partial charge < -0.3 is 28.4 Å². The van der Waals surface area contributed by atoms with Gasteiger partial charge in [0, 0.05) is 17.7 Å². The minimum absolute atomic E-state index is 0.131. The van der Waals surface area contributed by atoms with Crippen molar-refractivity contribution in [3.8, 4) is 28.7 Å². The Morgan fingerprint density at radius 2 is 1.63 bits per heavy atom. The van der Waals surface area contributed by atoms with Crippen molar-refractivity contribution in [2.45, 2.75) is 46.3 Å². The number of benzene rings is 2. The highest BCUT2D eigenvalue weighted by molar-refractivity contribution is 9.10. The second-order valence-electron chi connectivity index (χ2n) is 7.57. The molecule has 0 bridgehead atoms. The quantitative estimate of drug-likeness (QED) is 0.448. The molecule has 0 aromatic heterocycles. The molecule has 9 heteroatoms. The molecule has 2 unspecified atom stereocenters. The second-order valence-corrected chi connectivity index (χ2v) is 8.36. The Hall–Kier alpha value is -2.65. The minimum atomic E-state index is -0.549. The summed E-state index contributed by atoms with van der Waals surface area (Å²) in [6, 6.07) is 3.37. The number of carbonyl (C=O) groups is 1. The van der Waals surface area contributed by atoms with E-state index in [-0.39, 0.29) is 12.8 Å². The first-order valence-electron chi connectivity index (χ1n) is 11.9. The molecule has 0 aliphatic carbocycles. The molecule has 0 fully saturated rings. The van der Waals surface area contributed by atoms with Crippen molar-refractivity contribution < 1.29 is 33.2 Å². The molecule has 3 aliphatic heterocycles. The summed E-state index contributed by atoms with van der Waals surface area (Å²) in [4.78, 5) is 15.1. The predicted octanol–water partition coefficient (Wildman–Crippen LogP) is 5.70. The number of methoxy groups -OCH3 is 3. The smallest absolute Gasteiger partial charge is 0.343 e. The van der Waals surface area contributed by atoms with Crippen molar-refractivity contribution in [1.82, 2.24) is 4.90 Å². The fraction of sp³-hybridized carbons (Fsp3) is 0.500. The van der Waals surface area contributed by atoms with Gasteiger partial charge in [0.1, 0.15) is 11.7 Å². The lowest BCUT2D eigenvalue weighted by molar-refractivity contribution is 0.00869. The van der Waals surface area contributed by atoms with E-state index in [9.17, 15) is 4.79 Å². The normalized spacial score (nSPS) is 19.3. The SMILES string of the molecule is CC.CC.COc1ccc2c(c1OC)C(=O)OC2C1c2c(c(Br)c3c(c2OC)OCO3)CCN1C. The van der Waals surface area contributed by atoms with Crippen molar-refractivity contribution in [3.63, 3.8) is 0 Å². The summed E-state index contributed by atoms with van der Waals surface area (Å²) in [5.74, 6) is 2.24. The zero-order valence-electron chi connectivity index (χ0n) is 21.6. The Balaban J connectivity index is 0.000000815. The molecule has 192 valence electrons. The fourth-order valence-electron chi connectivity index (χ4n) is 4.78. The van der Waals surface area contributed by atoms with Gasteiger partial charge in [0.15, 0.2) is 23.0 Å². The molecule has 2 aromatic carbocycles. The van der Waals surface area contributed by atoms with Gasteiger partial charge in [-0.25, -0.2) is 4.79 Å². The molecule has 35 heavy (non-hydrogen) atoms. The summed E-state index contributed by atoms with van der Waals surface area (Å²) in [7, 11) is 6.68. The maximum absolute atomic E-state index is 12.9. The number of likely N-dealkylation sites (N-methyl/N-ethyl adjacent to an activating group) is 1. The monoisotopic (exact) mass is 551 g/mol. The molecule has 8 nitrogen and oxygen atoms in total. The Kier molecular flexibility index (Phi) is 8.77. The molecule has 3 aliphatic rings. The fourth-order valence-corrected chi connectivity index (χ4v) is 5.48. The van der Waals surface area contributed by atoms with Crippen molar-refractivity contribution in [2.24, 2.45) is 0 Å². The molecule has 0 spiro atoms. The topological polar surface area (TPSA) is 75.7 Å². The molecule has 0 amide bonds. The first kappa shape index (κ1) is 26.9. The van der Waals surface area contributed by atoms with E-state index in [0.29, 0.717) is 34.3 Å². The van der Waals surface area contributed by atoms with Crippen molar-refractivity contribution in [1.29, 1.82) is 0 Å². The molecule has 3 heterocycles. The maximum atomic E-state index is 12.9. The van der Waals surface area contributed by atoms with Crippen molar-refractivity contribution in [3.05, 3.63) is 38.9 Å². The summed E-state index contributed by atoms with van der Waals surface area (Å²) in [5, 5.41) is 0. The van der Waals surface area contributed by atoms with Gasteiger partial charge in [-0.2, -0.15) is 0 Å². The van der Waals surface area contributed by atoms with Crippen LogP contribution < -0.4 is 23.7 Å². The highest BCUT2D eigenvalue weighted by Crippen LogP contribution is 2.57. The molecular weight excluding hydrogens is 518 g/mol. The van der Waals surface area contributed by atoms with Gasteiger partial charge in [0.2, 0.25) is 12.5 Å². The highest BCUT2D eigenvalue weighted by Gasteiger charge is 2.47. The van der Waals surface area contributed by atoms with Crippen LogP contribution in [-0.4, -0.2) is 52.6 Å². The van der Waals surface area contributed by atoms with E-state index in [1.54, 1.807) is 13.2 Å². The Morgan fingerprint density at radius 1 is 0.971 bits per heavy atom. The largest absolute Gasteiger partial charge is 0.493 e. The minimum Gasteiger partial charge on any atom is -0.493 e. The summed E-state index contributed by atoms with van der Waals surface area (Å²) < 4.78 is 34.9.